The Bertz CT molecular complexity index is 539. The Morgan fingerprint density at radius 2 is 1.90 bits per heavy atom. The first-order valence-corrected chi connectivity index (χ1v) is 7.02. The number of amides is 1. The lowest BCUT2D eigenvalue weighted by Crippen LogP contribution is -2.21. The first-order valence-electron chi connectivity index (χ1n) is 5.44. The van der Waals surface area contributed by atoms with Gasteiger partial charge in [-0.25, -0.2) is 0 Å². The molecule has 0 bridgehead atoms. The zero-order valence-electron chi connectivity index (χ0n) is 10.3. The van der Waals surface area contributed by atoms with Gasteiger partial charge in [0.1, 0.15) is 0 Å². The maximum atomic E-state index is 11.6. The van der Waals surface area contributed by atoms with Gasteiger partial charge in [-0.1, -0.05) is 6.92 Å². The van der Waals surface area contributed by atoms with Crippen LogP contribution in [0.4, 0.5) is 11.4 Å². The number of carbonyl (C=O) groups is 2. The Kier molecular flexibility index (Phi) is 6.08. The van der Waals surface area contributed by atoms with E-state index in [1.54, 1.807) is 6.92 Å². The van der Waals surface area contributed by atoms with Gasteiger partial charge in [-0.3, -0.25) is 19.7 Å². The molecule has 0 atom stereocenters. The smallest absolute Gasteiger partial charge is 0.306 e. The van der Waals surface area contributed by atoms with Crippen LogP contribution < -0.4 is 5.32 Å². The van der Waals surface area contributed by atoms with E-state index in [1.807, 2.05) is 0 Å². The predicted octanol–water partition coefficient (Wildman–Crippen LogP) is 3.01. The lowest BCUT2D eigenvalue weighted by atomic mass is 10.3. The Hall–Kier alpha value is -1.48. The molecule has 1 rings (SSSR count). The maximum absolute atomic E-state index is 11.6. The SMILES string of the molecule is CCC(=O)OCC(=O)Nc1c(Br)cc([N+](=O)[O-])cc1Br. The molecule has 1 amide bonds. The molecule has 0 saturated heterocycles. The molecule has 108 valence electrons. The molecule has 0 aliphatic heterocycles. The molecular formula is C11H10Br2N2O5. The molecule has 1 N–H and O–H groups in total. The summed E-state index contributed by atoms with van der Waals surface area (Å²) in [5.41, 5.74) is 0.201. The number of nitro groups is 1. The van der Waals surface area contributed by atoms with Crippen LogP contribution in [0.15, 0.2) is 21.1 Å². The van der Waals surface area contributed by atoms with Gasteiger partial charge in [0.05, 0.1) is 10.6 Å². The van der Waals surface area contributed by atoms with Crippen molar-refractivity contribution >= 4 is 55.1 Å². The van der Waals surface area contributed by atoms with Gasteiger partial charge in [0, 0.05) is 27.5 Å². The van der Waals surface area contributed by atoms with Crippen molar-refractivity contribution in [2.45, 2.75) is 13.3 Å². The number of esters is 1. The van der Waals surface area contributed by atoms with Crippen molar-refractivity contribution in [3.05, 3.63) is 31.2 Å². The number of carbonyl (C=O) groups excluding carboxylic acids is 2. The number of ether oxygens (including phenoxy) is 1. The molecule has 0 heterocycles. The van der Waals surface area contributed by atoms with E-state index in [0.717, 1.165) is 0 Å². The number of nitro benzene ring substituents is 1. The Morgan fingerprint density at radius 1 is 1.35 bits per heavy atom. The van der Waals surface area contributed by atoms with Crippen molar-refractivity contribution in [2.75, 3.05) is 11.9 Å². The van der Waals surface area contributed by atoms with E-state index in [-0.39, 0.29) is 12.1 Å². The highest BCUT2D eigenvalue weighted by Crippen LogP contribution is 2.35. The number of non-ortho nitro benzene ring substituents is 1. The molecule has 1 aromatic rings. The lowest BCUT2D eigenvalue weighted by Gasteiger charge is -2.09. The molecule has 0 aliphatic carbocycles. The average Bonchev–Trinajstić information content (AvgIpc) is 2.39. The van der Waals surface area contributed by atoms with Crippen LogP contribution in [0.5, 0.6) is 0 Å². The number of hydrogen-bond acceptors (Lipinski definition) is 5. The number of rotatable bonds is 5. The highest BCUT2D eigenvalue weighted by atomic mass is 79.9. The zero-order valence-corrected chi connectivity index (χ0v) is 13.5. The van der Waals surface area contributed by atoms with Gasteiger partial charge < -0.3 is 10.1 Å². The fourth-order valence-corrected chi connectivity index (χ4v) is 2.57. The highest BCUT2D eigenvalue weighted by molar-refractivity contribution is 9.11. The number of hydrogen-bond donors (Lipinski definition) is 1. The van der Waals surface area contributed by atoms with E-state index in [4.69, 9.17) is 0 Å². The van der Waals surface area contributed by atoms with Gasteiger partial charge in [-0.15, -0.1) is 0 Å². The fraction of sp³-hybridized carbons (Fsp3) is 0.273. The summed E-state index contributed by atoms with van der Waals surface area (Å²) >= 11 is 6.26. The van der Waals surface area contributed by atoms with Gasteiger partial charge in [0.15, 0.2) is 6.61 Å². The normalized spacial score (nSPS) is 9.95. The van der Waals surface area contributed by atoms with Crippen molar-refractivity contribution < 1.29 is 19.2 Å². The second kappa shape index (κ2) is 7.34. The van der Waals surface area contributed by atoms with Crippen LogP contribution in [-0.2, 0) is 14.3 Å². The molecule has 0 spiro atoms. The summed E-state index contributed by atoms with van der Waals surface area (Å²) in [6, 6.07) is 2.52. The summed E-state index contributed by atoms with van der Waals surface area (Å²) in [5, 5.41) is 13.2. The molecule has 7 nitrogen and oxygen atoms in total. The Morgan fingerprint density at radius 3 is 2.35 bits per heavy atom. The third kappa shape index (κ3) is 4.57. The minimum atomic E-state index is -0.551. The molecule has 9 heteroatoms. The summed E-state index contributed by atoms with van der Waals surface area (Å²) in [5.74, 6) is -1.02. The molecular weight excluding hydrogens is 400 g/mol. The first-order chi connectivity index (χ1) is 9.35. The zero-order chi connectivity index (χ0) is 15.3. The molecule has 0 unspecified atom stereocenters. The molecule has 0 radical (unpaired) electrons. The Labute approximate surface area is 131 Å². The Balaban J connectivity index is 2.80. The molecule has 0 aliphatic rings. The van der Waals surface area contributed by atoms with Crippen LogP contribution in [0.25, 0.3) is 0 Å². The van der Waals surface area contributed by atoms with Gasteiger partial charge in [0.2, 0.25) is 0 Å². The second-order valence-corrected chi connectivity index (χ2v) is 5.31. The highest BCUT2D eigenvalue weighted by Gasteiger charge is 2.16. The number of anilines is 1. The summed E-state index contributed by atoms with van der Waals surface area (Å²) in [4.78, 5) is 32.6. The van der Waals surface area contributed by atoms with Gasteiger partial charge in [-0.05, 0) is 31.9 Å². The topological polar surface area (TPSA) is 98.5 Å². The molecule has 0 aromatic heterocycles. The van der Waals surface area contributed by atoms with Crippen LogP contribution in [0, 0.1) is 10.1 Å². The molecule has 20 heavy (non-hydrogen) atoms. The van der Waals surface area contributed by atoms with Gasteiger partial charge in [-0.2, -0.15) is 0 Å². The van der Waals surface area contributed by atoms with E-state index in [0.29, 0.717) is 14.6 Å². The van der Waals surface area contributed by atoms with Gasteiger partial charge >= 0.3 is 5.97 Å². The standard InChI is InChI=1S/C11H10Br2N2O5/c1-2-10(17)20-5-9(16)14-11-7(12)3-6(15(18)19)4-8(11)13/h3-4H,2,5H2,1H3,(H,14,16). The second-order valence-electron chi connectivity index (χ2n) is 3.60. The molecule has 0 saturated carbocycles. The van der Waals surface area contributed by atoms with E-state index in [1.165, 1.54) is 12.1 Å². The first kappa shape index (κ1) is 16.6. The van der Waals surface area contributed by atoms with E-state index in [2.05, 4.69) is 41.9 Å². The van der Waals surface area contributed by atoms with Crippen LogP contribution in [0.3, 0.4) is 0 Å². The van der Waals surface area contributed by atoms with Crippen LogP contribution in [-0.4, -0.2) is 23.4 Å². The minimum absolute atomic E-state index is 0.126. The molecule has 0 fully saturated rings. The average molecular weight is 410 g/mol. The fourth-order valence-electron chi connectivity index (χ4n) is 1.21. The third-order valence-electron chi connectivity index (χ3n) is 2.16. The third-order valence-corrected chi connectivity index (χ3v) is 3.41. The lowest BCUT2D eigenvalue weighted by molar-refractivity contribution is -0.385. The number of nitrogens with one attached hydrogen (secondary N) is 1. The minimum Gasteiger partial charge on any atom is -0.456 e. The van der Waals surface area contributed by atoms with Crippen LogP contribution >= 0.6 is 31.9 Å². The number of halogens is 2. The monoisotopic (exact) mass is 408 g/mol. The van der Waals surface area contributed by atoms with Crippen LogP contribution in [0.2, 0.25) is 0 Å². The van der Waals surface area contributed by atoms with Gasteiger partial charge in [0.25, 0.3) is 11.6 Å². The quantitative estimate of drug-likeness (QED) is 0.457. The summed E-state index contributed by atoms with van der Waals surface area (Å²) in [6.07, 6.45) is 0.179. The van der Waals surface area contributed by atoms with E-state index < -0.39 is 23.4 Å². The largest absolute Gasteiger partial charge is 0.456 e. The van der Waals surface area contributed by atoms with E-state index in [9.17, 15) is 19.7 Å². The van der Waals surface area contributed by atoms with Crippen LogP contribution in [0.1, 0.15) is 13.3 Å². The predicted molar refractivity (Wildman–Crippen MR) is 78.4 cm³/mol. The van der Waals surface area contributed by atoms with Crippen molar-refractivity contribution in [1.29, 1.82) is 0 Å². The van der Waals surface area contributed by atoms with Crippen molar-refractivity contribution in [3.63, 3.8) is 0 Å². The number of benzene rings is 1. The number of nitrogens with zero attached hydrogens (tertiary/aromatic N) is 1. The maximum Gasteiger partial charge on any atom is 0.306 e. The van der Waals surface area contributed by atoms with Crippen molar-refractivity contribution in [1.82, 2.24) is 0 Å². The van der Waals surface area contributed by atoms with E-state index >= 15 is 0 Å². The summed E-state index contributed by atoms with van der Waals surface area (Å²) in [7, 11) is 0. The molecule has 1 aromatic carbocycles. The summed E-state index contributed by atoms with van der Waals surface area (Å²) < 4.78 is 5.36. The summed E-state index contributed by atoms with van der Waals surface area (Å²) in [6.45, 7) is 1.20. The van der Waals surface area contributed by atoms with Crippen molar-refractivity contribution in [3.8, 4) is 0 Å². The van der Waals surface area contributed by atoms with Crippen molar-refractivity contribution in [2.24, 2.45) is 0 Å².